The van der Waals surface area contributed by atoms with E-state index < -0.39 is 6.04 Å². The van der Waals surface area contributed by atoms with Gasteiger partial charge in [0.15, 0.2) is 5.82 Å². The van der Waals surface area contributed by atoms with Crippen LogP contribution in [0.15, 0.2) is 77.9 Å². The number of fused-ring (bicyclic) bond motifs is 1. The summed E-state index contributed by atoms with van der Waals surface area (Å²) in [5, 5.41) is 14.1. The van der Waals surface area contributed by atoms with E-state index in [4.69, 9.17) is 4.74 Å². The molecule has 1 N–H and O–H groups in total. The van der Waals surface area contributed by atoms with Crippen LogP contribution >= 0.6 is 0 Å². The maximum atomic E-state index is 13.8. The van der Waals surface area contributed by atoms with Crippen molar-refractivity contribution >= 4 is 10.9 Å². The Labute approximate surface area is 232 Å². The molecule has 0 saturated heterocycles. The van der Waals surface area contributed by atoms with E-state index in [1.165, 1.54) is 0 Å². The number of aromatic amines is 1. The fourth-order valence-corrected chi connectivity index (χ4v) is 5.76. The van der Waals surface area contributed by atoms with Crippen molar-refractivity contribution in [1.82, 2.24) is 35.1 Å². The number of hydrogen-bond donors (Lipinski definition) is 1. The van der Waals surface area contributed by atoms with Gasteiger partial charge in [0.05, 0.1) is 13.2 Å². The number of hydrogen-bond acceptors (Lipinski definition) is 7. The van der Waals surface area contributed by atoms with Crippen LogP contribution in [0.4, 0.5) is 0 Å². The molecular weight excluding hydrogens is 502 g/mol. The number of H-pyrrole nitrogens is 1. The zero-order valence-corrected chi connectivity index (χ0v) is 22.8. The van der Waals surface area contributed by atoms with Crippen molar-refractivity contribution in [1.29, 1.82) is 0 Å². The summed E-state index contributed by atoms with van der Waals surface area (Å²) < 4.78 is 7.35. The number of ether oxygens (including phenoxy) is 1. The highest BCUT2D eigenvalue weighted by molar-refractivity contribution is 5.79. The third-order valence-electron chi connectivity index (χ3n) is 7.77. The van der Waals surface area contributed by atoms with E-state index in [2.05, 4.69) is 61.6 Å². The maximum Gasteiger partial charge on any atom is 0.253 e. The minimum atomic E-state index is -0.494. The molecule has 9 heteroatoms. The Morgan fingerprint density at radius 1 is 1.05 bits per heavy atom. The van der Waals surface area contributed by atoms with Crippen molar-refractivity contribution in [3.05, 3.63) is 111 Å². The Balaban J connectivity index is 1.52. The second-order valence-electron chi connectivity index (χ2n) is 10.6. The first-order valence-corrected chi connectivity index (χ1v) is 13.8. The van der Waals surface area contributed by atoms with Crippen LogP contribution in [0.1, 0.15) is 65.8 Å². The quantitative estimate of drug-likeness (QED) is 0.279. The van der Waals surface area contributed by atoms with E-state index in [1.807, 2.05) is 47.3 Å². The van der Waals surface area contributed by atoms with Gasteiger partial charge in [0, 0.05) is 36.6 Å². The molecule has 40 heavy (non-hydrogen) atoms. The third kappa shape index (κ3) is 5.37. The number of methoxy groups -OCH3 is 1. The van der Waals surface area contributed by atoms with Gasteiger partial charge in [-0.3, -0.25) is 14.7 Å². The number of aryl methyl sites for hydroxylation is 1. The lowest BCUT2D eigenvalue weighted by Crippen LogP contribution is -2.35. The molecule has 1 unspecified atom stereocenters. The van der Waals surface area contributed by atoms with Gasteiger partial charge in [0.2, 0.25) is 0 Å². The molecule has 1 aliphatic carbocycles. The molecule has 1 aliphatic rings. The fourth-order valence-electron chi connectivity index (χ4n) is 5.76. The van der Waals surface area contributed by atoms with Crippen LogP contribution in [0.3, 0.4) is 0 Å². The Morgan fingerprint density at radius 3 is 2.60 bits per heavy atom. The topological polar surface area (TPSA) is 102 Å². The largest absolute Gasteiger partial charge is 0.497 e. The van der Waals surface area contributed by atoms with Gasteiger partial charge in [-0.2, -0.15) is 0 Å². The van der Waals surface area contributed by atoms with Crippen LogP contribution in [-0.4, -0.2) is 42.2 Å². The summed E-state index contributed by atoms with van der Waals surface area (Å²) in [6.07, 6.45) is 7.99. The number of nitrogens with zero attached hydrogens (tertiary/aromatic N) is 6. The van der Waals surface area contributed by atoms with Gasteiger partial charge >= 0.3 is 0 Å². The first-order valence-electron chi connectivity index (χ1n) is 13.8. The van der Waals surface area contributed by atoms with Crippen LogP contribution in [0, 0.1) is 6.92 Å². The number of pyridine rings is 2. The van der Waals surface area contributed by atoms with Crippen LogP contribution in [0.5, 0.6) is 5.75 Å². The van der Waals surface area contributed by atoms with E-state index >= 15 is 0 Å². The molecule has 6 rings (SSSR count). The highest BCUT2D eigenvalue weighted by Gasteiger charge is 2.33. The average molecular weight is 536 g/mol. The van der Waals surface area contributed by atoms with Gasteiger partial charge in [0.1, 0.15) is 11.8 Å². The molecule has 3 heterocycles. The lowest BCUT2D eigenvalue weighted by Gasteiger charge is -2.32. The molecule has 1 fully saturated rings. The fraction of sp³-hybridized carbons (Fsp3) is 0.323. The van der Waals surface area contributed by atoms with Crippen molar-refractivity contribution in [3.63, 3.8) is 0 Å². The summed E-state index contributed by atoms with van der Waals surface area (Å²) in [5.41, 5.74) is 4.53. The van der Waals surface area contributed by atoms with Gasteiger partial charge in [-0.05, 0) is 83.1 Å². The summed E-state index contributed by atoms with van der Waals surface area (Å²) in [6, 6.07) is 19.8. The van der Waals surface area contributed by atoms with Crippen molar-refractivity contribution in [2.75, 3.05) is 7.11 Å². The summed E-state index contributed by atoms with van der Waals surface area (Å²) in [6.45, 7) is 3.17. The number of benzene rings is 2. The molecule has 3 aromatic heterocycles. The summed E-state index contributed by atoms with van der Waals surface area (Å²) >= 11 is 0. The summed E-state index contributed by atoms with van der Waals surface area (Å²) in [4.78, 5) is 23.5. The van der Waals surface area contributed by atoms with Crippen molar-refractivity contribution in [2.24, 2.45) is 0 Å². The molecule has 9 nitrogen and oxygen atoms in total. The Hall–Kier alpha value is -4.37. The highest BCUT2D eigenvalue weighted by atomic mass is 16.5. The van der Waals surface area contributed by atoms with E-state index in [1.54, 1.807) is 13.3 Å². The molecule has 1 atom stereocenters. The number of aromatic nitrogens is 6. The van der Waals surface area contributed by atoms with Crippen LogP contribution in [-0.2, 0) is 13.1 Å². The van der Waals surface area contributed by atoms with Crippen LogP contribution < -0.4 is 10.3 Å². The lowest BCUT2D eigenvalue weighted by molar-refractivity contribution is 0.190. The number of nitrogens with one attached hydrogen (secondary N) is 1. The van der Waals surface area contributed by atoms with Crippen LogP contribution in [0.25, 0.3) is 10.9 Å². The molecule has 0 radical (unpaired) electrons. The Morgan fingerprint density at radius 2 is 1.85 bits per heavy atom. The molecular formula is C31H33N7O2. The minimum Gasteiger partial charge on any atom is -0.497 e. The predicted octanol–water partition coefficient (Wildman–Crippen LogP) is 5.13. The SMILES string of the molecule is COc1ccc(CN(Cc2cccnc2)C(c2cc3cc(C)ccc3[nH]c2=O)c2nnnn2C2CCCC2)cc1. The molecule has 0 spiro atoms. The monoisotopic (exact) mass is 535 g/mol. The van der Waals surface area contributed by atoms with E-state index in [0.717, 1.165) is 59.0 Å². The molecule has 0 aliphatic heterocycles. The molecule has 2 aromatic carbocycles. The Kier molecular flexibility index (Phi) is 7.37. The van der Waals surface area contributed by atoms with Gasteiger partial charge in [-0.15, -0.1) is 5.10 Å². The first-order chi connectivity index (χ1) is 19.6. The number of tetrazole rings is 1. The van der Waals surface area contributed by atoms with E-state index in [-0.39, 0.29) is 11.6 Å². The van der Waals surface area contributed by atoms with E-state index in [0.29, 0.717) is 24.5 Å². The molecule has 5 aromatic rings. The first kappa shape index (κ1) is 25.9. The molecule has 0 bridgehead atoms. The van der Waals surface area contributed by atoms with Gasteiger partial charge in [-0.1, -0.05) is 42.7 Å². The lowest BCUT2D eigenvalue weighted by atomic mass is 10.0. The molecule has 204 valence electrons. The second-order valence-corrected chi connectivity index (χ2v) is 10.6. The van der Waals surface area contributed by atoms with Crippen molar-refractivity contribution in [2.45, 2.75) is 57.8 Å². The van der Waals surface area contributed by atoms with Crippen molar-refractivity contribution < 1.29 is 4.74 Å². The molecule has 0 amide bonds. The third-order valence-corrected chi connectivity index (χ3v) is 7.77. The number of rotatable bonds is 9. The van der Waals surface area contributed by atoms with Crippen LogP contribution in [0.2, 0.25) is 0 Å². The summed E-state index contributed by atoms with van der Waals surface area (Å²) in [7, 11) is 1.66. The summed E-state index contributed by atoms with van der Waals surface area (Å²) in [5.74, 6) is 1.48. The predicted molar refractivity (Wildman–Crippen MR) is 153 cm³/mol. The normalized spacial score (nSPS) is 14.7. The Bertz CT molecular complexity index is 1640. The maximum absolute atomic E-state index is 13.8. The highest BCUT2D eigenvalue weighted by Crippen LogP contribution is 2.35. The van der Waals surface area contributed by atoms with Gasteiger partial charge < -0.3 is 9.72 Å². The zero-order chi connectivity index (χ0) is 27.5. The smallest absolute Gasteiger partial charge is 0.253 e. The minimum absolute atomic E-state index is 0.145. The standard InChI is InChI=1S/C31H33N7O2/c1-21-9-14-28-24(16-21)17-27(31(39)33-28)29(30-34-35-36-38(30)25-7-3-4-8-25)37(20-23-6-5-15-32-18-23)19-22-10-12-26(40-2)13-11-22/h5-6,9-18,25,29H,3-4,7-8,19-20H2,1-2H3,(H,33,39). The second kappa shape index (κ2) is 11.4. The van der Waals surface area contributed by atoms with E-state index in [9.17, 15) is 4.79 Å². The van der Waals surface area contributed by atoms with Crippen molar-refractivity contribution in [3.8, 4) is 5.75 Å². The van der Waals surface area contributed by atoms with Gasteiger partial charge in [0.25, 0.3) is 5.56 Å². The zero-order valence-electron chi connectivity index (χ0n) is 22.8. The molecule has 1 saturated carbocycles. The average Bonchev–Trinajstić information content (AvgIpc) is 3.67. The van der Waals surface area contributed by atoms with Gasteiger partial charge in [-0.25, -0.2) is 4.68 Å².